The smallest absolute Gasteiger partial charge is 0.183 e. The van der Waals surface area contributed by atoms with Crippen LogP contribution < -0.4 is 10.5 Å². The second kappa shape index (κ2) is 11.8. The maximum Gasteiger partial charge on any atom is 0.183 e. The van der Waals surface area contributed by atoms with Crippen LogP contribution >= 0.6 is 0 Å². The number of rotatable bonds is 11. The lowest BCUT2D eigenvalue weighted by Gasteiger charge is -2.40. The highest BCUT2D eigenvalue weighted by atomic mass is 16.7. The molecular weight excluding hydrogens is 380 g/mol. The molecule has 1 unspecified atom stereocenters. The standard InChI is InChI=1S/C24H32N2O4/c1-2-3-10-21(15-25)27-14-12-24(17-28-22-11-7-13-26-16-22)18-29-23(30-19-24)20-8-5-4-6-9-20/h3-11,13,16,21,23H,2,12,14-15,17-19,25H2,1H3/b10-3-. The summed E-state index contributed by atoms with van der Waals surface area (Å²) in [4.78, 5) is 4.11. The van der Waals surface area contributed by atoms with E-state index >= 15 is 0 Å². The Hall–Kier alpha value is -2.25. The monoisotopic (exact) mass is 412 g/mol. The van der Waals surface area contributed by atoms with Gasteiger partial charge in [0, 0.05) is 24.9 Å². The maximum atomic E-state index is 6.11. The van der Waals surface area contributed by atoms with Gasteiger partial charge in [0.15, 0.2) is 6.29 Å². The van der Waals surface area contributed by atoms with E-state index < -0.39 is 0 Å². The molecule has 0 bridgehead atoms. The Kier molecular flexibility index (Phi) is 8.83. The molecule has 162 valence electrons. The Morgan fingerprint density at radius 2 is 2.00 bits per heavy atom. The molecule has 1 aliphatic rings. The van der Waals surface area contributed by atoms with Crippen molar-refractivity contribution < 1.29 is 18.9 Å². The van der Waals surface area contributed by atoms with Crippen molar-refractivity contribution in [3.05, 3.63) is 72.6 Å². The van der Waals surface area contributed by atoms with Gasteiger partial charge in [-0.05, 0) is 25.0 Å². The Bertz CT molecular complexity index is 746. The summed E-state index contributed by atoms with van der Waals surface area (Å²) >= 11 is 0. The van der Waals surface area contributed by atoms with Crippen molar-refractivity contribution in [3.63, 3.8) is 0 Å². The molecule has 6 nitrogen and oxygen atoms in total. The minimum atomic E-state index is -0.358. The maximum absolute atomic E-state index is 6.11. The number of hydrogen-bond acceptors (Lipinski definition) is 6. The van der Waals surface area contributed by atoms with E-state index in [0.717, 1.165) is 24.2 Å². The molecule has 1 aromatic carbocycles. The molecular formula is C24H32N2O4. The summed E-state index contributed by atoms with van der Waals surface area (Å²) in [5.74, 6) is 0.730. The van der Waals surface area contributed by atoms with E-state index in [0.29, 0.717) is 33.0 Å². The van der Waals surface area contributed by atoms with Gasteiger partial charge in [-0.15, -0.1) is 0 Å². The number of ether oxygens (including phenoxy) is 4. The van der Waals surface area contributed by atoms with Gasteiger partial charge < -0.3 is 24.7 Å². The molecule has 0 saturated carbocycles. The van der Waals surface area contributed by atoms with Crippen LogP contribution in [0, 0.1) is 5.41 Å². The first kappa shape index (κ1) is 22.4. The van der Waals surface area contributed by atoms with Crippen molar-refractivity contribution in [1.82, 2.24) is 4.98 Å². The molecule has 2 heterocycles. The highest BCUT2D eigenvalue weighted by Gasteiger charge is 2.38. The molecule has 0 radical (unpaired) electrons. The molecule has 0 aliphatic carbocycles. The Labute approximate surface area is 179 Å². The molecule has 0 amide bonds. The van der Waals surface area contributed by atoms with Crippen LogP contribution in [0.1, 0.15) is 31.6 Å². The zero-order valence-corrected chi connectivity index (χ0v) is 17.6. The Morgan fingerprint density at radius 1 is 1.20 bits per heavy atom. The van der Waals surface area contributed by atoms with Gasteiger partial charge in [0.25, 0.3) is 0 Å². The van der Waals surface area contributed by atoms with Crippen molar-refractivity contribution >= 4 is 0 Å². The van der Waals surface area contributed by atoms with E-state index in [2.05, 4.69) is 18.0 Å². The molecule has 1 aliphatic heterocycles. The van der Waals surface area contributed by atoms with Crippen molar-refractivity contribution in [2.24, 2.45) is 11.1 Å². The third kappa shape index (κ3) is 6.64. The lowest BCUT2D eigenvalue weighted by atomic mass is 9.86. The average Bonchev–Trinajstić information content (AvgIpc) is 2.82. The predicted molar refractivity (Wildman–Crippen MR) is 116 cm³/mol. The minimum Gasteiger partial charge on any atom is -0.491 e. The first-order valence-electron chi connectivity index (χ1n) is 10.5. The quantitative estimate of drug-likeness (QED) is 0.564. The third-order valence-electron chi connectivity index (χ3n) is 5.12. The molecule has 1 fully saturated rings. The van der Waals surface area contributed by atoms with Crippen LogP contribution in [0.15, 0.2) is 67.0 Å². The molecule has 2 aromatic rings. The number of aromatic nitrogens is 1. The Balaban J connectivity index is 1.61. The summed E-state index contributed by atoms with van der Waals surface area (Å²) in [5, 5.41) is 0. The topological polar surface area (TPSA) is 75.8 Å². The van der Waals surface area contributed by atoms with Gasteiger partial charge >= 0.3 is 0 Å². The highest BCUT2D eigenvalue weighted by molar-refractivity contribution is 5.17. The second-order valence-electron chi connectivity index (χ2n) is 7.57. The summed E-state index contributed by atoms with van der Waals surface area (Å²) < 4.78 is 24.2. The van der Waals surface area contributed by atoms with Crippen LogP contribution in [0.25, 0.3) is 0 Å². The van der Waals surface area contributed by atoms with E-state index in [1.165, 1.54) is 0 Å². The summed E-state index contributed by atoms with van der Waals surface area (Å²) in [6.07, 6.45) is 8.81. The van der Waals surface area contributed by atoms with Gasteiger partial charge in [0.05, 0.1) is 37.5 Å². The normalized spacial score (nSPS) is 22.8. The second-order valence-corrected chi connectivity index (χ2v) is 7.57. The van der Waals surface area contributed by atoms with Gasteiger partial charge in [0.2, 0.25) is 0 Å². The largest absolute Gasteiger partial charge is 0.491 e. The number of nitrogens with zero attached hydrogens (tertiary/aromatic N) is 1. The SMILES string of the molecule is CC/C=C\C(CN)OCCC1(COc2cccnc2)COC(c2ccccc2)OC1. The fourth-order valence-corrected chi connectivity index (χ4v) is 3.28. The predicted octanol–water partition coefficient (Wildman–Crippen LogP) is 3.89. The molecule has 1 aromatic heterocycles. The van der Waals surface area contributed by atoms with Crippen LogP contribution in [0.2, 0.25) is 0 Å². The molecule has 3 rings (SSSR count). The van der Waals surface area contributed by atoms with E-state index in [9.17, 15) is 0 Å². The van der Waals surface area contributed by atoms with Crippen LogP contribution in [-0.4, -0.2) is 44.1 Å². The van der Waals surface area contributed by atoms with Gasteiger partial charge in [-0.1, -0.05) is 49.4 Å². The van der Waals surface area contributed by atoms with E-state index in [-0.39, 0.29) is 17.8 Å². The fourth-order valence-electron chi connectivity index (χ4n) is 3.28. The molecule has 1 atom stereocenters. The number of pyridine rings is 1. The molecule has 1 saturated heterocycles. The van der Waals surface area contributed by atoms with E-state index in [4.69, 9.17) is 24.7 Å². The summed E-state index contributed by atoms with van der Waals surface area (Å²) in [5.41, 5.74) is 6.53. The van der Waals surface area contributed by atoms with Crippen LogP contribution in [0.4, 0.5) is 0 Å². The lowest BCUT2D eigenvalue weighted by Crippen LogP contribution is -2.44. The van der Waals surface area contributed by atoms with Crippen molar-refractivity contribution in [2.75, 3.05) is 33.0 Å². The summed E-state index contributed by atoms with van der Waals surface area (Å²) in [7, 11) is 0. The number of nitrogens with two attached hydrogens (primary N) is 1. The first-order valence-corrected chi connectivity index (χ1v) is 10.5. The van der Waals surface area contributed by atoms with Gasteiger partial charge in [-0.25, -0.2) is 0 Å². The third-order valence-corrected chi connectivity index (χ3v) is 5.12. The first-order chi connectivity index (χ1) is 14.7. The minimum absolute atomic E-state index is 0.0799. The summed E-state index contributed by atoms with van der Waals surface area (Å²) in [6, 6.07) is 13.7. The summed E-state index contributed by atoms with van der Waals surface area (Å²) in [6.45, 7) is 4.60. The highest BCUT2D eigenvalue weighted by Crippen LogP contribution is 2.35. The molecule has 30 heavy (non-hydrogen) atoms. The van der Waals surface area contributed by atoms with Gasteiger partial charge in [-0.2, -0.15) is 0 Å². The lowest BCUT2D eigenvalue weighted by molar-refractivity contribution is -0.243. The Morgan fingerprint density at radius 3 is 2.67 bits per heavy atom. The van der Waals surface area contributed by atoms with E-state index in [1.54, 1.807) is 12.4 Å². The van der Waals surface area contributed by atoms with Crippen LogP contribution in [0.3, 0.4) is 0 Å². The fraction of sp³-hybridized carbons (Fsp3) is 0.458. The zero-order chi connectivity index (χ0) is 21.1. The number of hydrogen-bond donors (Lipinski definition) is 1. The van der Waals surface area contributed by atoms with Crippen molar-refractivity contribution in [3.8, 4) is 5.75 Å². The van der Waals surface area contributed by atoms with Gasteiger partial charge in [-0.3, -0.25) is 4.98 Å². The molecule has 0 spiro atoms. The molecule has 2 N–H and O–H groups in total. The zero-order valence-electron chi connectivity index (χ0n) is 17.6. The molecule has 6 heteroatoms. The number of benzene rings is 1. The van der Waals surface area contributed by atoms with Crippen molar-refractivity contribution in [1.29, 1.82) is 0 Å². The number of allylic oxidation sites excluding steroid dienone is 1. The van der Waals surface area contributed by atoms with Gasteiger partial charge in [0.1, 0.15) is 5.75 Å². The van der Waals surface area contributed by atoms with Crippen LogP contribution in [0.5, 0.6) is 5.75 Å². The van der Waals surface area contributed by atoms with Crippen molar-refractivity contribution in [2.45, 2.75) is 32.2 Å². The van der Waals surface area contributed by atoms with E-state index in [1.807, 2.05) is 48.5 Å². The van der Waals surface area contributed by atoms with Crippen LogP contribution in [-0.2, 0) is 14.2 Å². The average molecular weight is 413 g/mol.